The van der Waals surface area contributed by atoms with E-state index in [0.717, 1.165) is 21.7 Å². The number of hydrogen-bond donors (Lipinski definition) is 1. The second-order valence-electron chi connectivity index (χ2n) is 5.18. The molecule has 0 bridgehead atoms. The Labute approximate surface area is 137 Å². The van der Waals surface area contributed by atoms with Crippen LogP contribution < -0.4 is 16.6 Å². The minimum absolute atomic E-state index is 0.0563. The largest absolute Gasteiger partial charge is 0.370 e. The molecule has 2 aromatic rings. The van der Waals surface area contributed by atoms with E-state index in [1.54, 1.807) is 11.3 Å². The van der Waals surface area contributed by atoms with Crippen molar-refractivity contribution >= 4 is 17.2 Å². The number of hydrogen-bond acceptors (Lipinski definition) is 6. The Bertz CT molecular complexity index is 885. The molecule has 2 heterocycles. The quantitative estimate of drug-likeness (QED) is 0.879. The van der Waals surface area contributed by atoms with Gasteiger partial charge < -0.3 is 5.32 Å². The summed E-state index contributed by atoms with van der Waals surface area (Å²) in [6.07, 6.45) is 1.57. The van der Waals surface area contributed by atoms with Gasteiger partial charge in [-0.25, -0.2) is 9.78 Å². The van der Waals surface area contributed by atoms with Crippen molar-refractivity contribution in [3.05, 3.63) is 42.0 Å². The predicted molar refractivity (Wildman–Crippen MR) is 90.1 cm³/mol. The summed E-state index contributed by atoms with van der Waals surface area (Å²) in [6.45, 7) is 4.61. The van der Waals surface area contributed by atoms with Crippen LogP contribution in [0, 0.1) is 18.3 Å². The molecular weight excluding hydrogens is 314 g/mol. The minimum atomic E-state index is -0.587. The molecule has 0 aliphatic rings. The molecule has 2 aromatic heterocycles. The SMILES string of the molecule is CCc1nc(CCNc2c(C#N)c(=O)n(C)c(=O)n2C)sc1C. The topological polar surface area (TPSA) is 92.7 Å². The lowest BCUT2D eigenvalue weighted by Gasteiger charge is -2.13. The normalized spacial score (nSPS) is 10.6. The molecule has 0 unspecified atom stereocenters. The van der Waals surface area contributed by atoms with Crippen molar-refractivity contribution in [2.75, 3.05) is 11.9 Å². The van der Waals surface area contributed by atoms with E-state index < -0.39 is 11.2 Å². The molecule has 2 rings (SSSR count). The number of aryl methyl sites for hydroxylation is 2. The molecule has 0 amide bonds. The van der Waals surface area contributed by atoms with Crippen molar-refractivity contribution in [3.63, 3.8) is 0 Å². The van der Waals surface area contributed by atoms with Crippen LogP contribution in [0.3, 0.4) is 0 Å². The fourth-order valence-corrected chi connectivity index (χ4v) is 3.38. The van der Waals surface area contributed by atoms with Crippen molar-refractivity contribution < 1.29 is 0 Å². The van der Waals surface area contributed by atoms with Crippen LogP contribution in [0.25, 0.3) is 0 Å². The van der Waals surface area contributed by atoms with Crippen molar-refractivity contribution in [1.82, 2.24) is 14.1 Å². The molecule has 0 atom stereocenters. The van der Waals surface area contributed by atoms with Gasteiger partial charge in [0.15, 0.2) is 5.56 Å². The van der Waals surface area contributed by atoms with Gasteiger partial charge in [0.05, 0.1) is 10.7 Å². The zero-order valence-electron chi connectivity index (χ0n) is 13.6. The molecule has 0 saturated heterocycles. The van der Waals surface area contributed by atoms with Crippen LogP contribution in [0.1, 0.15) is 28.1 Å². The van der Waals surface area contributed by atoms with Gasteiger partial charge in [-0.2, -0.15) is 5.26 Å². The first-order valence-electron chi connectivity index (χ1n) is 7.29. The molecule has 0 aliphatic heterocycles. The first kappa shape index (κ1) is 17.0. The number of rotatable bonds is 5. The Kier molecular flexibility index (Phi) is 5.01. The maximum atomic E-state index is 12.0. The van der Waals surface area contributed by atoms with Crippen molar-refractivity contribution in [2.45, 2.75) is 26.7 Å². The van der Waals surface area contributed by atoms with E-state index in [0.29, 0.717) is 13.0 Å². The Morgan fingerprint density at radius 3 is 2.57 bits per heavy atom. The first-order valence-corrected chi connectivity index (χ1v) is 8.11. The van der Waals surface area contributed by atoms with Gasteiger partial charge in [0, 0.05) is 31.9 Å². The monoisotopic (exact) mass is 333 g/mol. The molecule has 0 saturated carbocycles. The van der Waals surface area contributed by atoms with Gasteiger partial charge in [-0.3, -0.25) is 13.9 Å². The van der Waals surface area contributed by atoms with Gasteiger partial charge in [0.25, 0.3) is 5.56 Å². The number of nitrogens with zero attached hydrogens (tertiary/aromatic N) is 4. The molecule has 23 heavy (non-hydrogen) atoms. The summed E-state index contributed by atoms with van der Waals surface area (Å²) in [6, 6.07) is 1.88. The molecule has 0 radical (unpaired) electrons. The Morgan fingerprint density at radius 2 is 2.00 bits per heavy atom. The summed E-state index contributed by atoms with van der Waals surface area (Å²) in [5.74, 6) is 0.254. The maximum Gasteiger partial charge on any atom is 0.332 e. The zero-order valence-corrected chi connectivity index (χ0v) is 14.5. The lowest BCUT2D eigenvalue weighted by atomic mass is 10.3. The van der Waals surface area contributed by atoms with Crippen LogP contribution in [-0.2, 0) is 26.9 Å². The van der Waals surface area contributed by atoms with Crippen molar-refractivity contribution in [3.8, 4) is 6.07 Å². The first-order chi connectivity index (χ1) is 10.9. The third-order valence-corrected chi connectivity index (χ3v) is 4.75. The highest BCUT2D eigenvalue weighted by Gasteiger charge is 2.15. The minimum Gasteiger partial charge on any atom is -0.370 e. The summed E-state index contributed by atoms with van der Waals surface area (Å²) < 4.78 is 2.21. The van der Waals surface area contributed by atoms with Crippen LogP contribution in [0.5, 0.6) is 0 Å². The average molecular weight is 333 g/mol. The van der Waals surface area contributed by atoms with Crippen LogP contribution >= 0.6 is 11.3 Å². The number of nitriles is 1. The lowest BCUT2D eigenvalue weighted by Crippen LogP contribution is -2.40. The van der Waals surface area contributed by atoms with E-state index in [1.807, 2.05) is 13.0 Å². The van der Waals surface area contributed by atoms with Gasteiger partial charge in [0.2, 0.25) is 0 Å². The summed E-state index contributed by atoms with van der Waals surface area (Å²) in [4.78, 5) is 29.7. The zero-order chi connectivity index (χ0) is 17.1. The number of nitrogens with one attached hydrogen (secondary N) is 1. The molecule has 0 aliphatic carbocycles. The van der Waals surface area contributed by atoms with Crippen molar-refractivity contribution in [2.24, 2.45) is 14.1 Å². The van der Waals surface area contributed by atoms with Crippen LogP contribution in [-0.4, -0.2) is 20.7 Å². The molecule has 7 nitrogen and oxygen atoms in total. The fourth-order valence-electron chi connectivity index (χ4n) is 2.36. The molecule has 0 fully saturated rings. The molecule has 0 spiro atoms. The Hall–Kier alpha value is -2.40. The predicted octanol–water partition coefficient (Wildman–Crippen LogP) is 0.938. The number of aromatic nitrogens is 3. The highest BCUT2D eigenvalue weighted by Crippen LogP contribution is 2.18. The van der Waals surface area contributed by atoms with E-state index in [9.17, 15) is 14.9 Å². The van der Waals surface area contributed by atoms with Gasteiger partial charge >= 0.3 is 5.69 Å². The maximum absolute atomic E-state index is 12.0. The van der Waals surface area contributed by atoms with Crippen LogP contribution in [0.2, 0.25) is 0 Å². The van der Waals surface area contributed by atoms with Gasteiger partial charge in [0.1, 0.15) is 11.9 Å². The van der Waals surface area contributed by atoms with E-state index in [1.165, 1.54) is 23.5 Å². The number of anilines is 1. The van der Waals surface area contributed by atoms with Crippen LogP contribution in [0.4, 0.5) is 5.82 Å². The standard InChI is InChI=1S/C15H19N5O2S/c1-5-11-9(2)23-12(18-11)6-7-17-13-10(8-16)14(21)20(4)15(22)19(13)3/h17H,5-7H2,1-4H3. The third-order valence-electron chi connectivity index (χ3n) is 3.68. The summed E-state index contributed by atoms with van der Waals surface area (Å²) >= 11 is 1.65. The average Bonchev–Trinajstić information content (AvgIpc) is 2.90. The van der Waals surface area contributed by atoms with E-state index in [2.05, 4.69) is 17.2 Å². The van der Waals surface area contributed by atoms with E-state index in [-0.39, 0.29) is 11.4 Å². The van der Waals surface area contributed by atoms with Crippen LogP contribution in [0.15, 0.2) is 9.59 Å². The van der Waals surface area contributed by atoms with E-state index >= 15 is 0 Å². The second kappa shape index (κ2) is 6.79. The lowest BCUT2D eigenvalue weighted by molar-refractivity contribution is 0.685. The fraction of sp³-hybridized carbons (Fsp3) is 0.467. The summed E-state index contributed by atoms with van der Waals surface area (Å²) in [5.41, 5.74) is -0.00538. The second-order valence-corrected chi connectivity index (χ2v) is 6.47. The number of thiazole rings is 1. The molecule has 8 heteroatoms. The third kappa shape index (κ3) is 3.19. The summed E-state index contributed by atoms with van der Waals surface area (Å²) in [5, 5.41) is 13.2. The molecule has 122 valence electrons. The van der Waals surface area contributed by atoms with Gasteiger partial charge in [-0.15, -0.1) is 11.3 Å². The van der Waals surface area contributed by atoms with E-state index in [4.69, 9.17) is 0 Å². The van der Waals surface area contributed by atoms with Gasteiger partial charge in [-0.1, -0.05) is 6.92 Å². The highest BCUT2D eigenvalue weighted by molar-refractivity contribution is 7.11. The molecular formula is C15H19N5O2S. The van der Waals surface area contributed by atoms with Gasteiger partial charge in [-0.05, 0) is 13.3 Å². The van der Waals surface area contributed by atoms with Crippen molar-refractivity contribution in [1.29, 1.82) is 5.26 Å². The summed E-state index contributed by atoms with van der Waals surface area (Å²) in [7, 11) is 2.90. The smallest absolute Gasteiger partial charge is 0.332 e. The molecule has 0 aromatic carbocycles. The highest BCUT2D eigenvalue weighted by atomic mass is 32.1. The Morgan fingerprint density at radius 1 is 1.30 bits per heavy atom. The molecule has 1 N–H and O–H groups in total. The Balaban J connectivity index is 2.22.